The van der Waals surface area contributed by atoms with Gasteiger partial charge in [0, 0.05) is 6.42 Å². The molecular weight excluding hydrogens is 1220 g/mol. The highest BCUT2D eigenvalue weighted by Gasteiger charge is 2.02. The van der Waals surface area contributed by atoms with Crippen LogP contribution in [0.5, 0.6) is 0 Å². The lowest BCUT2D eigenvalue weighted by molar-refractivity contribution is -0.143. The van der Waals surface area contributed by atoms with Crippen molar-refractivity contribution in [3.05, 3.63) is 0 Å². The molecule has 622 valence electrons. The summed E-state index contributed by atoms with van der Waals surface area (Å²) in [5.74, 6) is -0.0140. The van der Waals surface area contributed by atoms with Crippen molar-refractivity contribution in [3.8, 4) is 0 Å². The minimum absolute atomic E-state index is 0.0140. The average Bonchev–Trinajstić information content (AvgIpc) is 3.69. The molecule has 0 aromatic carbocycles. The van der Waals surface area contributed by atoms with Crippen LogP contribution < -0.4 is 0 Å². The molecule has 0 fully saturated rings. The number of carbonyl (C=O) groups is 1. The Morgan fingerprint density at radius 2 is 0.218 bits per heavy atom. The zero-order valence-corrected chi connectivity index (χ0v) is 75.9. The molecule has 0 saturated carbocycles. The molecule has 0 radical (unpaired) electrons. The standard InChI is InChI=1S/C19H38O2.8C10H22/c1-3-5-6-7-8-9-10-11-12-13-14-15-16-17-19(20)21-18-4-2;8*1-3-5-7-9-10-8-6-4-2/h3-18H2,1-2H3;8*3-10H2,1-2H3. The Kier molecular flexibility index (Phi) is 163. The topological polar surface area (TPSA) is 26.3 Å². The smallest absolute Gasteiger partial charge is 0.305 e. The zero-order valence-electron chi connectivity index (χ0n) is 75.9. The molecule has 0 saturated heterocycles. The van der Waals surface area contributed by atoms with Crippen LogP contribution in [-0.4, -0.2) is 12.6 Å². The van der Waals surface area contributed by atoms with Crippen molar-refractivity contribution in [2.45, 2.75) is 632 Å². The summed E-state index contributed by atoms with van der Waals surface area (Å²) in [6.07, 6.45) is 111. The van der Waals surface area contributed by atoms with Gasteiger partial charge in [-0.05, 0) is 12.8 Å². The fourth-order valence-electron chi connectivity index (χ4n) is 12.2. The monoisotopic (exact) mass is 1440 g/mol. The second-order valence-electron chi connectivity index (χ2n) is 31.2. The van der Waals surface area contributed by atoms with Gasteiger partial charge in [0.15, 0.2) is 0 Å². The molecule has 0 amide bonds. The minimum atomic E-state index is -0.0140. The molecule has 0 unspecified atom stereocenters. The second-order valence-corrected chi connectivity index (χ2v) is 31.2. The summed E-state index contributed by atoms with van der Waals surface area (Å²) >= 11 is 0. The lowest BCUT2D eigenvalue weighted by Crippen LogP contribution is -2.04. The van der Waals surface area contributed by atoms with Gasteiger partial charge in [-0.3, -0.25) is 4.79 Å². The van der Waals surface area contributed by atoms with E-state index in [1.54, 1.807) is 0 Å². The molecule has 0 aromatic rings. The Hall–Kier alpha value is -0.530. The van der Waals surface area contributed by atoms with Gasteiger partial charge in [-0.15, -0.1) is 0 Å². The quantitative estimate of drug-likeness (QED) is 0.0448. The predicted molar refractivity (Wildman–Crippen MR) is 478 cm³/mol. The maximum absolute atomic E-state index is 11.3. The Balaban J connectivity index is -0.000000137. The molecule has 0 aliphatic carbocycles. The highest BCUT2D eigenvalue weighted by molar-refractivity contribution is 5.69. The Bertz CT molecular complexity index is 875. The summed E-state index contributed by atoms with van der Waals surface area (Å²) in [7, 11) is 0. The van der Waals surface area contributed by atoms with Gasteiger partial charge >= 0.3 is 5.97 Å². The molecule has 2 nitrogen and oxygen atoms in total. The van der Waals surface area contributed by atoms with E-state index in [4.69, 9.17) is 4.74 Å². The number of hydrogen-bond donors (Lipinski definition) is 0. The Morgan fingerprint density at radius 3 is 0.307 bits per heavy atom. The number of rotatable bonds is 72. The summed E-state index contributed by atoms with van der Waals surface area (Å²) in [5, 5.41) is 0. The van der Waals surface area contributed by atoms with Crippen LogP contribution >= 0.6 is 0 Å². The van der Waals surface area contributed by atoms with Gasteiger partial charge < -0.3 is 4.74 Å². The van der Waals surface area contributed by atoms with Crippen LogP contribution in [0, 0.1) is 0 Å². The van der Waals surface area contributed by atoms with Crippen LogP contribution in [0.2, 0.25) is 0 Å². The number of hydrogen-bond acceptors (Lipinski definition) is 2. The molecule has 0 spiro atoms. The SMILES string of the molecule is CCCCCCCCCC.CCCCCCCCCC.CCCCCCCCCC.CCCCCCCCCC.CCCCCCCCCC.CCCCCCCCCC.CCCCCCCCCC.CCCCCCCCCC.CCCCCCCCCCCCCCCC(=O)OCCC. The fourth-order valence-corrected chi connectivity index (χ4v) is 12.2. The highest BCUT2D eigenvalue weighted by atomic mass is 16.5. The highest BCUT2D eigenvalue weighted by Crippen LogP contribution is 2.16. The third-order valence-electron chi connectivity index (χ3n) is 19.6. The lowest BCUT2D eigenvalue weighted by atomic mass is 10.0. The Morgan fingerprint density at radius 1 is 0.129 bits per heavy atom. The van der Waals surface area contributed by atoms with E-state index in [1.165, 1.54) is 488 Å². The summed E-state index contributed by atoms with van der Waals surface area (Å²) in [6.45, 7) is 41.2. The van der Waals surface area contributed by atoms with Crippen molar-refractivity contribution in [2.24, 2.45) is 0 Å². The van der Waals surface area contributed by atoms with Gasteiger partial charge in [0.2, 0.25) is 0 Å². The second kappa shape index (κ2) is 138. The number of esters is 1. The first-order chi connectivity index (χ1) is 49.6. The van der Waals surface area contributed by atoms with Crippen molar-refractivity contribution in [1.29, 1.82) is 0 Å². The molecular formula is C99H214O2. The summed E-state index contributed by atoms with van der Waals surface area (Å²) < 4.78 is 5.06. The fraction of sp³-hybridized carbons (Fsp3) is 0.990. The van der Waals surface area contributed by atoms with E-state index in [9.17, 15) is 4.79 Å². The van der Waals surface area contributed by atoms with Crippen LogP contribution in [-0.2, 0) is 9.53 Å². The van der Waals surface area contributed by atoms with E-state index >= 15 is 0 Å². The Labute approximate surface area is 650 Å². The first-order valence-corrected chi connectivity index (χ1v) is 48.8. The van der Waals surface area contributed by atoms with Crippen molar-refractivity contribution < 1.29 is 9.53 Å². The summed E-state index contributed by atoms with van der Waals surface area (Å²) in [6, 6.07) is 0. The summed E-state index contributed by atoms with van der Waals surface area (Å²) in [4.78, 5) is 11.3. The maximum Gasteiger partial charge on any atom is 0.305 e. The molecule has 2 heteroatoms. The predicted octanol–water partition coefficient (Wildman–Crippen LogP) is 39.6. The van der Waals surface area contributed by atoms with E-state index in [2.05, 4.69) is 118 Å². The van der Waals surface area contributed by atoms with Gasteiger partial charge in [-0.2, -0.15) is 0 Å². The third-order valence-corrected chi connectivity index (χ3v) is 19.6. The van der Waals surface area contributed by atoms with E-state index in [1.807, 2.05) is 6.92 Å². The van der Waals surface area contributed by atoms with Gasteiger partial charge in [-0.25, -0.2) is 0 Å². The van der Waals surface area contributed by atoms with Crippen molar-refractivity contribution in [2.75, 3.05) is 6.61 Å². The van der Waals surface area contributed by atoms with Crippen LogP contribution in [0.25, 0.3) is 0 Å². The van der Waals surface area contributed by atoms with E-state index < -0.39 is 0 Å². The molecule has 0 aliphatic rings. The number of unbranched alkanes of at least 4 members (excludes halogenated alkanes) is 68. The maximum atomic E-state index is 11.3. The van der Waals surface area contributed by atoms with Gasteiger partial charge in [0.1, 0.15) is 0 Å². The third kappa shape index (κ3) is 170. The molecule has 0 aliphatic heterocycles. The zero-order chi connectivity index (χ0) is 76.9. The van der Waals surface area contributed by atoms with Crippen molar-refractivity contribution >= 4 is 5.97 Å². The summed E-state index contributed by atoms with van der Waals surface area (Å²) in [5.41, 5.74) is 0. The molecule has 0 N–H and O–H groups in total. The van der Waals surface area contributed by atoms with Crippen LogP contribution in [0.3, 0.4) is 0 Å². The van der Waals surface area contributed by atoms with Crippen molar-refractivity contribution in [3.63, 3.8) is 0 Å². The van der Waals surface area contributed by atoms with E-state index in [0.717, 1.165) is 12.8 Å². The number of carbonyl (C=O) groups excluding carboxylic acids is 1. The molecule has 0 rings (SSSR count). The van der Waals surface area contributed by atoms with E-state index in [0.29, 0.717) is 13.0 Å². The van der Waals surface area contributed by atoms with Gasteiger partial charge in [0.25, 0.3) is 0 Å². The van der Waals surface area contributed by atoms with Crippen molar-refractivity contribution in [1.82, 2.24) is 0 Å². The molecule has 0 aromatic heterocycles. The average molecular weight is 1440 g/mol. The lowest BCUT2D eigenvalue weighted by Gasteiger charge is -2.04. The van der Waals surface area contributed by atoms with Crippen LogP contribution in [0.4, 0.5) is 0 Å². The number of ether oxygens (including phenoxy) is 1. The van der Waals surface area contributed by atoms with Crippen LogP contribution in [0.1, 0.15) is 632 Å². The normalized spacial score (nSPS) is 10.3. The van der Waals surface area contributed by atoms with Gasteiger partial charge in [0.05, 0.1) is 6.61 Å². The minimum Gasteiger partial charge on any atom is -0.466 e. The van der Waals surface area contributed by atoms with E-state index in [-0.39, 0.29) is 5.97 Å². The largest absolute Gasteiger partial charge is 0.466 e. The van der Waals surface area contributed by atoms with Crippen LogP contribution in [0.15, 0.2) is 0 Å². The molecule has 0 atom stereocenters. The molecule has 101 heavy (non-hydrogen) atoms. The van der Waals surface area contributed by atoms with Gasteiger partial charge in [-0.1, -0.05) is 613 Å². The molecule has 0 bridgehead atoms. The first kappa shape index (κ1) is 119. The first-order valence-electron chi connectivity index (χ1n) is 48.8. The molecule has 0 heterocycles.